The van der Waals surface area contributed by atoms with Crippen molar-refractivity contribution in [2.24, 2.45) is 5.41 Å². The third-order valence-corrected chi connectivity index (χ3v) is 3.66. The summed E-state index contributed by atoms with van der Waals surface area (Å²) in [5.74, 6) is 0. The van der Waals surface area contributed by atoms with Crippen LogP contribution < -0.4 is 0 Å². The molecule has 0 spiro atoms. The smallest absolute Gasteiger partial charge is 0.108 e. The van der Waals surface area contributed by atoms with E-state index in [1.54, 1.807) is 6.20 Å². The molecule has 1 aromatic rings. The number of rotatable bonds is 3. The van der Waals surface area contributed by atoms with Crippen molar-refractivity contribution in [2.75, 3.05) is 0 Å². The maximum atomic E-state index is 13.0. The van der Waals surface area contributed by atoms with Gasteiger partial charge in [0, 0.05) is 29.1 Å². The van der Waals surface area contributed by atoms with Gasteiger partial charge >= 0.3 is 0 Å². The molecule has 0 radical (unpaired) electrons. The molecule has 0 saturated heterocycles. The molecule has 1 saturated carbocycles. The van der Waals surface area contributed by atoms with E-state index >= 15 is 0 Å². The molecule has 3 unspecified atom stereocenters. The van der Waals surface area contributed by atoms with E-state index < -0.39 is 6.17 Å². The van der Waals surface area contributed by atoms with Crippen molar-refractivity contribution in [3.05, 3.63) is 30.1 Å². The highest BCUT2D eigenvalue weighted by Gasteiger charge is 2.55. The van der Waals surface area contributed by atoms with Crippen LogP contribution in [-0.2, 0) is 6.42 Å². The summed E-state index contributed by atoms with van der Waals surface area (Å²) in [5.41, 5.74) is 0.617. The fraction of sp³-hybridized carbons (Fsp3) is 0.545. The molecule has 0 N–H and O–H groups in total. The third kappa shape index (κ3) is 1.76. The average molecular weight is 214 g/mol. The van der Waals surface area contributed by atoms with Gasteiger partial charge in [-0.15, -0.1) is 11.6 Å². The van der Waals surface area contributed by atoms with Crippen molar-refractivity contribution in [3.8, 4) is 0 Å². The molecular formula is C11H13ClFN. The van der Waals surface area contributed by atoms with E-state index in [0.29, 0.717) is 12.8 Å². The zero-order valence-electron chi connectivity index (χ0n) is 8.08. The Morgan fingerprint density at radius 3 is 2.93 bits per heavy atom. The first kappa shape index (κ1) is 9.91. The molecule has 1 nitrogen and oxygen atoms in total. The summed E-state index contributed by atoms with van der Waals surface area (Å²) in [6, 6.07) is 5.71. The molecular weight excluding hydrogens is 201 g/mol. The minimum atomic E-state index is -0.728. The van der Waals surface area contributed by atoms with Gasteiger partial charge in [0.2, 0.25) is 0 Å². The average Bonchev–Trinajstić information content (AvgIpc) is 2.78. The molecule has 0 aromatic carbocycles. The highest BCUT2D eigenvalue weighted by atomic mass is 35.5. The number of hydrogen-bond donors (Lipinski definition) is 0. The lowest BCUT2D eigenvalue weighted by Gasteiger charge is -2.15. The maximum Gasteiger partial charge on any atom is 0.108 e. The highest BCUT2D eigenvalue weighted by Crippen LogP contribution is 2.53. The number of pyridine rings is 1. The summed E-state index contributed by atoms with van der Waals surface area (Å²) in [6.07, 6.45) is 2.25. The summed E-state index contributed by atoms with van der Waals surface area (Å²) in [6.45, 7) is 1.90. The Morgan fingerprint density at radius 1 is 1.71 bits per heavy atom. The molecule has 0 bridgehead atoms. The fourth-order valence-electron chi connectivity index (χ4n) is 1.59. The largest absolute Gasteiger partial charge is 0.261 e. The second-order valence-electron chi connectivity index (χ2n) is 4.17. The van der Waals surface area contributed by atoms with Crippen LogP contribution in [0.5, 0.6) is 0 Å². The molecule has 0 amide bonds. The molecule has 76 valence electrons. The minimum absolute atomic E-state index is 0.146. The van der Waals surface area contributed by atoms with Gasteiger partial charge in [-0.1, -0.05) is 13.0 Å². The van der Waals surface area contributed by atoms with Crippen LogP contribution in [-0.4, -0.2) is 16.5 Å². The Bertz CT molecular complexity index is 316. The lowest BCUT2D eigenvalue weighted by molar-refractivity contribution is 0.365. The van der Waals surface area contributed by atoms with E-state index in [1.807, 2.05) is 25.1 Å². The first-order valence-corrected chi connectivity index (χ1v) is 5.24. The molecule has 1 fully saturated rings. The van der Waals surface area contributed by atoms with E-state index in [4.69, 9.17) is 11.6 Å². The molecule has 1 aliphatic carbocycles. The summed E-state index contributed by atoms with van der Waals surface area (Å²) in [4.78, 5) is 4.18. The van der Waals surface area contributed by atoms with Crippen molar-refractivity contribution >= 4 is 11.6 Å². The molecule has 1 aromatic heterocycles. The Kier molecular flexibility index (Phi) is 2.48. The van der Waals surface area contributed by atoms with Crippen LogP contribution in [0.1, 0.15) is 19.0 Å². The van der Waals surface area contributed by atoms with Crippen molar-refractivity contribution in [1.82, 2.24) is 4.98 Å². The quantitative estimate of drug-likeness (QED) is 0.704. The second kappa shape index (κ2) is 3.50. The molecule has 3 heteroatoms. The Morgan fingerprint density at radius 2 is 2.43 bits per heavy atom. The monoisotopic (exact) mass is 213 g/mol. The SMILES string of the molecule is CC1(C(Cl)Cc2ccccn2)CC1F. The minimum Gasteiger partial charge on any atom is -0.261 e. The van der Waals surface area contributed by atoms with Crippen LogP contribution in [0.25, 0.3) is 0 Å². The van der Waals surface area contributed by atoms with Crippen LogP contribution in [0, 0.1) is 5.41 Å². The van der Waals surface area contributed by atoms with Crippen LogP contribution >= 0.6 is 11.6 Å². The second-order valence-corrected chi connectivity index (χ2v) is 4.70. The van der Waals surface area contributed by atoms with Gasteiger partial charge in [0.1, 0.15) is 6.17 Å². The number of nitrogens with zero attached hydrogens (tertiary/aromatic N) is 1. The number of alkyl halides is 2. The predicted octanol–water partition coefficient (Wildman–Crippen LogP) is 2.98. The lowest BCUT2D eigenvalue weighted by Crippen LogP contribution is -2.18. The summed E-state index contributed by atoms with van der Waals surface area (Å²) in [7, 11) is 0. The maximum absolute atomic E-state index is 13.0. The van der Waals surface area contributed by atoms with Gasteiger partial charge in [0.25, 0.3) is 0 Å². The number of aromatic nitrogens is 1. The van der Waals surface area contributed by atoms with E-state index in [9.17, 15) is 4.39 Å². The molecule has 1 heterocycles. The first-order chi connectivity index (χ1) is 6.63. The standard InChI is InChI=1S/C11H13ClFN/c1-11(7-10(11)13)9(12)6-8-4-2-3-5-14-8/h2-5,9-10H,6-7H2,1H3. The van der Waals surface area contributed by atoms with Gasteiger partial charge in [-0.25, -0.2) is 4.39 Å². The zero-order valence-corrected chi connectivity index (χ0v) is 8.84. The van der Waals surface area contributed by atoms with Gasteiger partial charge in [-0.3, -0.25) is 4.98 Å². The van der Waals surface area contributed by atoms with Gasteiger partial charge in [0.05, 0.1) is 0 Å². The summed E-state index contributed by atoms with van der Waals surface area (Å²) in [5, 5.41) is -0.146. The lowest BCUT2D eigenvalue weighted by atomic mass is 10.0. The molecule has 2 rings (SSSR count). The molecule has 3 atom stereocenters. The summed E-state index contributed by atoms with van der Waals surface area (Å²) < 4.78 is 13.0. The van der Waals surface area contributed by atoms with E-state index in [0.717, 1.165) is 5.69 Å². The van der Waals surface area contributed by atoms with Gasteiger partial charge in [-0.2, -0.15) is 0 Å². The Hall–Kier alpha value is -0.630. The van der Waals surface area contributed by atoms with Gasteiger partial charge in [0.15, 0.2) is 0 Å². The van der Waals surface area contributed by atoms with Gasteiger partial charge < -0.3 is 0 Å². The number of halogens is 2. The van der Waals surface area contributed by atoms with Crippen molar-refractivity contribution in [3.63, 3.8) is 0 Å². The van der Waals surface area contributed by atoms with E-state index in [2.05, 4.69) is 4.98 Å². The van der Waals surface area contributed by atoms with Crippen LogP contribution in [0.3, 0.4) is 0 Å². The molecule has 0 aliphatic heterocycles. The fourth-order valence-corrected chi connectivity index (χ4v) is 1.97. The zero-order chi connectivity index (χ0) is 10.2. The van der Waals surface area contributed by atoms with Gasteiger partial charge in [-0.05, 0) is 18.6 Å². The van der Waals surface area contributed by atoms with Crippen molar-refractivity contribution in [1.29, 1.82) is 0 Å². The topological polar surface area (TPSA) is 12.9 Å². The van der Waals surface area contributed by atoms with E-state index in [-0.39, 0.29) is 10.8 Å². The van der Waals surface area contributed by atoms with Crippen LogP contribution in [0.2, 0.25) is 0 Å². The highest BCUT2D eigenvalue weighted by molar-refractivity contribution is 6.21. The molecule has 1 aliphatic rings. The predicted molar refractivity (Wildman–Crippen MR) is 55.2 cm³/mol. The third-order valence-electron chi connectivity index (χ3n) is 3.00. The Labute approximate surface area is 88.3 Å². The normalized spacial score (nSPS) is 32.6. The summed E-state index contributed by atoms with van der Waals surface area (Å²) >= 11 is 6.17. The Balaban J connectivity index is 1.99. The van der Waals surface area contributed by atoms with Crippen molar-refractivity contribution < 1.29 is 4.39 Å². The van der Waals surface area contributed by atoms with Crippen LogP contribution in [0.4, 0.5) is 4.39 Å². The van der Waals surface area contributed by atoms with E-state index in [1.165, 1.54) is 0 Å². The first-order valence-electron chi connectivity index (χ1n) is 4.81. The number of hydrogen-bond acceptors (Lipinski definition) is 1. The van der Waals surface area contributed by atoms with Crippen molar-refractivity contribution in [2.45, 2.75) is 31.3 Å². The molecule has 14 heavy (non-hydrogen) atoms. The van der Waals surface area contributed by atoms with Crippen LogP contribution in [0.15, 0.2) is 24.4 Å².